The van der Waals surface area contributed by atoms with E-state index in [1.807, 2.05) is 26.0 Å². The summed E-state index contributed by atoms with van der Waals surface area (Å²) in [6, 6.07) is 7.16. The number of halogens is 1. The van der Waals surface area contributed by atoms with Gasteiger partial charge in [-0.3, -0.25) is 4.79 Å². The van der Waals surface area contributed by atoms with Crippen molar-refractivity contribution in [3.8, 4) is 0 Å². The smallest absolute Gasteiger partial charge is 0.237 e. The van der Waals surface area contributed by atoms with Gasteiger partial charge >= 0.3 is 0 Å². The van der Waals surface area contributed by atoms with E-state index in [0.29, 0.717) is 10.7 Å². The second kappa shape index (κ2) is 8.73. The average Bonchev–Trinajstić information content (AvgIpc) is 2.95. The summed E-state index contributed by atoms with van der Waals surface area (Å²) in [6.45, 7) is 7.67. The van der Waals surface area contributed by atoms with Gasteiger partial charge in [0.15, 0.2) is 8.68 Å². The molecular weight excluding hydrogens is 370 g/mol. The summed E-state index contributed by atoms with van der Waals surface area (Å²) in [5, 5.41) is 11.3. The second-order valence-electron chi connectivity index (χ2n) is 4.81. The van der Waals surface area contributed by atoms with E-state index in [-0.39, 0.29) is 11.2 Å². The van der Waals surface area contributed by atoms with Gasteiger partial charge in [-0.1, -0.05) is 70.7 Å². The van der Waals surface area contributed by atoms with Gasteiger partial charge < -0.3 is 5.32 Å². The van der Waals surface area contributed by atoms with E-state index in [1.54, 1.807) is 23.9 Å². The number of hydrogen-bond donors (Lipinski definition) is 1. The molecule has 0 bridgehead atoms. The molecule has 0 aliphatic heterocycles. The number of para-hydroxylation sites is 1. The highest BCUT2D eigenvalue weighted by atomic mass is 35.5. The average molecular weight is 386 g/mol. The number of anilines is 1. The van der Waals surface area contributed by atoms with Gasteiger partial charge in [-0.2, -0.15) is 0 Å². The van der Waals surface area contributed by atoms with Crippen LogP contribution in [0.4, 0.5) is 5.69 Å². The Morgan fingerprint density at radius 2 is 2.09 bits per heavy atom. The van der Waals surface area contributed by atoms with Crippen LogP contribution in [0.15, 0.2) is 45.1 Å². The number of benzene rings is 1. The van der Waals surface area contributed by atoms with E-state index in [9.17, 15) is 4.79 Å². The maximum Gasteiger partial charge on any atom is 0.237 e. The van der Waals surface area contributed by atoms with Crippen molar-refractivity contribution in [2.24, 2.45) is 0 Å². The zero-order valence-electron chi connectivity index (χ0n) is 12.7. The van der Waals surface area contributed by atoms with Crippen molar-refractivity contribution >= 4 is 58.1 Å². The van der Waals surface area contributed by atoms with Crippen LogP contribution in [-0.4, -0.2) is 27.1 Å². The van der Waals surface area contributed by atoms with Crippen molar-refractivity contribution in [1.29, 1.82) is 0 Å². The van der Waals surface area contributed by atoms with Crippen molar-refractivity contribution in [2.45, 2.75) is 27.8 Å². The molecule has 0 radical (unpaired) electrons. The highest BCUT2D eigenvalue weighted by Crippen LogP contribution is 2.32. The fourth-order valence-corrected chi connectivity index (χ4v) is 4.68. The maximum absolute atomic E-state index is 12.2. The van der Waals surface area contributed by atoms with Crippen LogP contribution in [0.25, 0.3) is 0 Å². The Bertz CT molecular complexity index is 705. The van der Waals surface area contributed by atoms with Crippen LogP contribution in [0, 0.1) is 0 Å². The Balaban J connectivity index is 1.91. The Kier molecular flexibility index (Phi) is 6.95. The first-order valence-electron chi connectivity index (χ1n) is 6.78. The molecule has 1 amide bonds. The van der Waals surface area contributed by atoms with E-state index in [0.717, 1.165) is 20.0 Å². The van der Waals surface area contributed by atoms with Gasteiger partial charge in [0.25, 0.3) is 0 Å². The topological polar surface area (TPSA) is 54.9 Å². The molecule has 4 nitrogen and oxygen atoms in total. The molecule has 1 heterocycles. The van der Waals surface area contributed by atoms with E-state index >= 15 is 0 Å². The maximum atomic E-state index is 12.2. The van der Waals surface area contributed by atoms with Crippen molar-refractivity contribution in [1.82, 2.24) is 10.2 Å². The molecule has 122 valence electrons. The number of nitrogens with zero attached hydrogens (tertiary/aromatic N) is 2. The normalized spacial score (nSPS) is 12.0. The van der Waals surface area contributed by atoms with Crippen LogP contribution in [0.3, 0.4) is 0 Å². The zero-order chi connectivity index (χ0) is 16.8. The van der Waals surface area contributed by atoms with Crippen LogP contribution >= 0.6 is 46.5 Å². The number of aromatic nitrogens is 2. The molecule has 0 unspecified atom stereocenters. The third-order valence-electron chi connectivity index (χ3n) is 2.61. The summed E-state index contributed by atoms with van der Waals surface area (Å²) in [6.07, 6.45) is 0. The molecule has 23 heavy (non-hydrogen) atoms. The zero-order valence-corrected chi connectivity index (χ0v) is 15.9. The quantitative estimate of drug-likeness (QED) is 0.538. The van der Waals surface area contributed by atoms with Crippen LogP contribution < -0.4 is 5.32 Å². The van der Waals surface area contributed by atoms with Gasteiger partial charge in [-0.15, -0.1) is 10.2 Å². The molecule has 0 aliphatic carbocycles. The standard InChI is InChI=1S/C15H16ClN3OS3/c1-9(2)8-21-14-18-19-15(23-14)22-10(3)13(20)17-12-7-5-4-6-11(12)16/h4-7,10H,1,8H2,2-3H3,(H,17,20)/t10-/m1/s1. The first-order valence-corrected chi connectivity index (χ1v) is 9.84. The number of rotatable bonds is 7. The molecule has 2 rings (SSSR count). The molecule has 1 atom stereocenters. The molecule has 0 spiro atoms. The van der Waals surface area contributed by atoms with Gasteiger partial charge in [0.05, 0.1) is 16.0 Å². The van der Waals surface area contributed by atoms with Crippen LogP contribution in [0.5, 0.6) is 0 Å². The molecule has 1 aromatic carbocycles. The van der Waals surface area contributed by atoms with Gasteiger partial charge in [0, 0.05) is 5.75 Å². The number of carbonyl (C=O) groups excluding carboxylic acids is 1. The van der Waals surface area contributed by atoms with E-state index in [4.69, 9.17) is 11.6 Å². The number of nitrogens with one attached hydrogen (secondary N) is 1. The minimum absolute atomic E-state index is 0.116. The molecule has 0 saturated carbocycles. The van der Waals surface area contributed by atoms with Crippen molar-refractivity contribution in [2.75, 3.05) is 11.1 Å². The monoisotopic (exact) mass is 385 g/mol. The number of hydrogen-bond acceptors (Lipinski definition) is 6. The van der Waals surface area contributed by atoms with Gasteiger partial charge in [0.2, 0.25) is 5.91 Å². The van der Waals surface area contributed by atoms with Gasteiger partial charge in [0.1, 0.15) is 0 Å². The summed E-state index contributed by atoms with van der Waals surface area (Å²) < 4.78 is 1.66. The number of amides is 1. The van der Waals surface area contributed by atoms with Crippen molar-refractivity contribution in [3.05, 3.63) is 41.4 Å². The third kappa shape index (κ3) is 5.84. The lowest BCUT2D eigenvalue weighted by Crippen LogP contribution is -2.22. The minimum atomic E-state index is -0.293. The lowest BCUT2D eigenvalue weighted by molar-refractivity contribution is -0.115. The largest absolute Gasteiger partial charge is 0.324 e. The summed E-state index contributed by atoms with van der Waals surface area (Å²) in [5.41, 5.74) is 1.70. The van der Waals surface area contributed by atoms with E-state index < -0.39 is 0 Å². The Morgan fingerprint density at radius 1 is 1.39 bits per heavy atom. The predicted molar refractivity (Wildman–Crippen MR) is 101 cm³/mol. The van der Waals surface area contributed by atoms with Crippen LogP contribution in [0.2, 0.25) is 5.02 Å². The first kappa shape index (κ1) is 18.3. The van der Waals surface area contributed by atoms with Crippen LogP contribution in [-0.2, 0) is 4.79 Å². The first-order chi connectivity index (χ1) is 11.0. The van der Waals surface area contributed by atoms with E-state index in [1.165, 1.54) is 23.1 Å². The summed E-state index contributed by atoms with van der Waals surface area (Å²) >= 11 is 10.5. The SMILES string of the molecule is C=C(C)CSc1nnc(S[C@H](C)C(=O)Nc2ccccc2Cl)s1. The molecule has 1 N–H and O–H groups in total. The lowest BCUT2D eigenvalue weighted by atomic mass is 10.3. The summed E-state index contributed by atoms with van der Waals surface area (Å²) in [7, 11) is 0. The van der Waals surface area contributed by atoms with Crippen molar-refractivity contribution < 1.29 is 4.79 Å². The minimum Gasteiger partial charge on any atom is -0.324 e. The van der Waals surface area contributed by atoms with Crippen LogP contribution in [0.1, 0.15) is 13.8 Å². The highest BCUT2D eigenvalue weighted by molar-refractivity contribution is 8.04. The fraction of sp³-hybridized carbons (Fsp3) is 0.267. The third-order valence-corrected chi connectivity index (χ3v) is 6.41. The lowest BCUT2D eigenvalue weighted by Gasteiger charge is -2.11. The molecule has 8 heteroatoms. The Labute approximate surface area is 153 Å². The summed E-state index contributed by atoms with van der Waals surface area (Å²) in [5.74, 6) is 0.705. The predicted octanol–water partition coefficient (Wildman–Crippen LogP) is 4.98. The summed E-state index contributed by atoms with van der Waals surface area (Å²) in [4.78, 5) is 12.2. The number of carbonyl (C=O) groups is 1. The second-order valence-corrected chi connectivity index (χ2v) is 9.00. The molecular formula is C15H16ClN3OS3. The fourth-order valence-electron chi connectivity index (χ4n) is 1.49. The Hall–Kier alpha value is -1.02. The number of thioether (sulfide) groups is 2. The van der Waals surface area contributed by atoms with Crippen molar-refractivity contribution in [3.63, 3.8) is 0 Å². The molecule has 0 aliphatic rings. The van der Waals surface area contributed by atoms with Gasteiger partial charge in [-0.05, 0) is 26.0 Å². The molecule has 0 saturated heterocycles. The highest BCUT2D eigenvalue weighted by Gasteiger charge is 2.18. The van der Waals surface area contributed by atoms with E-state index in [2.05, 4.69) is 22.1 Å². The Morgan fingerprint density at radius 3 is 2.78 bits per heavy atom. The molecule has 2 aromatic rings. The van der Waals surface area contributed by atoms with Gasteiger partial charge in [-0.25, -0.2) is 0 Å². The molecule has 0 fully saturated rings. The molecule has 1 aromatic heterocycles.